The van der Waals surface area contributed by atoms with E-state index in [-0.39, 0.29) is 23.1 Å². The van der Waals surface area contributed by atoms with Gasteiger partial charge in [0, 0.05) is 6.04 Å². The molecule has 19 heavy (non-hydrogen) atoms. The lowest BCUT2D eigenvalue weighted by Gasteiger charge is -2.25. The van der Waals surface area contributed by atoms with Crippen LogP contribution in [-0.4, -0.2) is 37.0 Å². The summed E-state index contributed by atoms with van der Waals surface area (Å²) in [5, 5.41) is 12.4. The van der Waals surface area contributed by atoms with Gasteiger partial charge < -0.3 is 10.4 Å². The highest BCUT2D eigenvalue weighted by Crippen LogP contribution is 2.24. The zero-order chi connectivity index (χ0) is 14.0. The lowest BCUT2D eigenvalue weighted by molar-refractivity contribution is 0.0697. The van der Waals surface area contributed by atoms with Gasteiger partial charge in [-0.05, 0) is 31.4 Å². The van der Waals surface area contributed by atoms with Crippen molar-refractivity contribution in [2.24, 2.45) is 0 Å². The zero-order valence-corrected chi connectivity index (χ0v) is 11.5. The first kappa shape index (κ1) is 13.9. The maximum Gasteiger partial charge on any atom is 0.337 e. The van der Waals surface area contributed by atoms with E-state index in [0.29, 0.717) is 18.5 Å². The number of rotatable bonds is 3. The Labute approximate surface area is 112 Å². The minimum absolute atomic E-state index is 0.0164. The van der Waals surface area contributed by atoms with E-state index in [0.717, 1.165) is 5.56 Å². The summed E-state index contributed by atoms with van der Waals surface area (Å²) in [6, 6.07) is 5.11. The molecule has 0 spiro atoms. The number of hydrogen-bond acceptors (Lipinski definition) is 4. The summed E-state index contributed by atoms with van der Waals surface area (Å²) in [5.74, 6) is -0.646. The number of carbonyl (C=O) groups is 1. The Morgan fingerprint density at radius 2 is 1.95 bits per heavy atom. The molecule has 1 aliphatic heterocycles. The summed E-state index contributed by atoms with van der Waals surface area (Å²) in [7, 11) is -2.90. The lowest BCUT2D eigenvalue weighted by atomic mass is 10.1. The Kier molecular flexibility index (Phi) is 3.80. The second kappa shape index (κ2) is 5.21. The topological polar surface area (TPSA) is 83.5 Å². The van der Waals surface area contributed by atoms with E-state index in [1.54, 1.807) is 12.1 Å². The van der Waals surface area contributed by atoms with Gasteiger partial charge in [0.1, 0.15) is 9.84 Å². The molecule has 0 aromatic heterocycles. The molecule has 2 N–H and O–H groups in total. The number of nitrogens with one attached hydrogen (secondary N) is 1. The van der Waals surface area contributed by atoms with Gasteiger partial charge in [-0.1, -0.05) is 12.1 Å². The molecule has 6 heteroatoms. The number of carboxylic acid groups (broad SMARTS) is 1. The average molecular weight is 283 g/mol. The number of sulfone groups is 1. The van der Waals surface area contributed by atoms with Crippen molar-refractivity contribution in [3.05, 3.63) is 29.3 Å². The summed E-state index contributed by atoms with van der Waals surface area (Å²) < 4.78 is 22.7. The van der Waals surface area contributed by atoms with Gasteiger partial charge in [0.2, 0.25) is 0 Å². The van der Waals surface area contributed by atoms with Crippen molar-refractivity contribution in [2.45, 2.75) is 25.8 Å². The third-order valence-electron chi connectivity index (χ3n) is 3.41. The van der Waals surface area contributed by atoms with Crippen molar-refractivity contribution in [3.8, 4) is 0 Å². The van der Waals surface area contributed by atoms with E-state index in [1.807, 2.05) is 13.0 Å². The first-order chi connectivity index (χ1) is 8.89. The van der Waals surface area contributed by atoms with E-state index in [2.05, 4.69) is 5.32 Å². The molecule has 0 radical (unpaired) electrons. The van der Waals surface area contributed by atoms with Gasteiger partial charge >= 0.3 is 5.97 Å². The van der Waals surface area contributed by atoms with Crippen LogP contribution in [0.25, 0.3) is 0 Å². The van der Waals surface area contributed by atoms with Crippen LogP contribution in [0.5, 0.6) is 0 Å². The highest BCUT2D eigenvalue weighted by Gasteiger charge is 2.24. The van der Waals surface area contributed by atoms with Crippen LogP contribution < -0.4 is 5.32 Å². The fourth-order valence-corrected chi connectivity index (χ4v) is 3.77. The summed E-state index contributed by atoms with van der Waals surface area (Å²) in [5.41, 5.74) is 1.68. The molecule has 104 valence electrons. The van der Waals surface area contributed by atoms with Crippen LogP contribution in [0.3, 0.4) is 0 Å². The Morgan fingerprint density at radius 1 is 1.32 bits per heavy atom. The minimum atomic E-state index is -2.90. The summed E-state index contributed by atoms with van der Waals surface area (Å²) >= 11 is 0. The Balaban J connectivity index is 2.18. The van der Waals surface area contributed by atoms with E-state index in [4.69, 9.17) is 5.11 Å². The third kappa shape index (κ3) is 3.26. The fourth-order valence-electron chi connectivity index (χ4n) is 2.28. The first-order valence-corrected chi connectivity index (χ1v) is 8.01. The lowest BCUT2D eigenvalue weighted by Crippen LogP contribution is -2.32. The molecule has 1 aromatic rings. The molecule has 0 amide bonds. The monoisotopic (exact) mass is 283 g/mol. The van der Waals surface area contributed by atoms with Crippen molar-refractivity contribution < 1.29 is 18.3 Å². The number of para-hydroxylation sites is 1. The van der Waals surface area contributed by atoms with Gasteiger partial charge in [-0.2, -0.15) is 0 Å². The standard InChI is InChI=1S/C13H17NO4S/c1-9-3-2-4-11(13(15)16)12(9)14-10-5-7-19(17,18)8-6-10/h2-4,10,14H,5-8H2,1H3,(H,15,16). The Bertz CT molecular complexity index is 581. The third-order valence-corrected chi connectivity index (χ3v) is 5.12. The first-order valence-electron chi connectivity index (χ1n) is 6.19. The molecule has 0 saturated carbocycles. The van der Waals surface area contributed by atoms with Gasteiger partial charge in [-0.15, -0.1) is 0 Å². The fraction of sp³-hybridized carbons (Fsp3) is 0.462. The molecule has 1 saturated heterocycles. The van der Waals surface area contributed by atoms with Crippen LogP contribution in [-0.2, 0) is 9.84 Å². The predicted molar refractivity (Wildman–Crippen MR) is 73.4 cm³/mol. The van der Waals surface area contributed by atoms with Crippen molar-refractivity contribution >= 4 is 21.5 Å². The average Bonchev–Trinajstić information content (AvgIpc) is 2.33. The highest BCUT2D eigenvalue weighted by atomic mass is 32.2. The number of benzene rings is 1. The second-order valence-electron chi connectivity index (χ2n) is 4.87. The van der Waals surface area contributed by atoms with E-state index in [9.17, 15) is 13.2 Å². The van der Waals surface area contributed by atoms with E-state index < -0.39 is 15.8 Å². The Morgan fingerprint density at radius 3 is 2.53 bits per heavy atom. The van der Waals surface area contributed by atoms with Crippen LogP contribution in [0.4, 0.5) is 5.69 Å². The van der Waals surface area contributed by atoms with E-state index >= 15 is 0 Å². The van der Waals surface area contributed by atoms with Crippen LogP contribution in [0.1, 0.15) is 28.8 Å². The molecular formula is C13H17NO4S. The van der Waals surface area contributed by atoms with Crippen LogP contribution in [0, 0.1) is 6.92 Å². The van der Waals surface area contributed by atoms with Crippen LogP contribution >= 0.6 is 0 Å². The molecule has 0 atom stereocenters. The molecular weight excluding hydrogens is 266 g/mol. The summed E-state index contributed by atoms with van der Waals surface area (Å²) in [6.45, 7) is 1.84. The molecule has 1 aliphatic rings. The largest absolute Gasteiger partial charge is 0.478 e. The van der Waals surface area contributed by atoms with Gasteiger partial charge in [0.15, 0.2) is 0 Å². The molecule has 2 rings (SSSR count). The van der Waals surface area contributed by atoms with Crippen molar-refractivity contribution in [2.75, 3.05) is 16.8 Å². The zero-order valence-electron chi connectivity index (χ0n) is 10.7. The van der Waals surface area contributed by atoms with Gasteiger partial charge in [0.25, 0.3) is 0 Å². The quantitative estimate of drug-likeness (QED) is 0.882. The van der Waals surface area contributed by atoms with Gasteiger partial charge in [0.05, 0.1) is 22.8 Å². The van der Waals surface area contributed by atoms with Crippen molar-refractivity contribution in [3.63, 3.8) is 0 Å². The van der Waals surface area contributed by atoms with Crippen molar-refractivity contribution in [1.82, 2.24) is 0 Å². The second-order valence-corrected chi connectivity index (χ2v) is 7.18. The summed E-state index contributed by atoms with van der Waals surface area (Å²) in [6.07, 6.45) is 1.05. The number of anilines is 1. The molecule has 0 bridgehead atoms. The van der Waals surface area contributed by atoms with E-state index in [1.165, 1.54) is 0 Å². The van der Waals surface area contributed by atoms with Crippen LogP contribution in [0.15, 0.2) is 18.2 Å². The van der Waals surface area contributed by atoms with Gasteiger partial charge in [-0.25, -0.2) is 13.2 Å². The molecule has 1 heterocycles. The SMILES string of the molecule is Cc1cccc(C(=O)O)c1NC1CCS(=O)(=O)CC1. The maximum atomic E-state index is 11.4. The number of aromatic carboxylic acids is 1. The van der Waals surface area contributed by atoms with Gasteiger partial charge in [-0.3, -0.25) is 0 Å². The normalized spacial score (nSPS) is 19.0. The number of aryl methyl sites for hydroxylation is 1. The number of carboxylic acids is 1. The molecule has 5 nitrogen and oxygen atoms in total. The molecule has 0 unspecified atom stereocenters. The summed E-state index contributed by atoms with van der Waals surface area (Å²) in [4.78, 5) is 11.2. The maximum absolute atomic E-state index is 11.4. The molecule has 1 aromatic carbocycles. The highest BCUT2D eigenvalue weighted by molar-refractivity contribution is 7.91. The Hall–Kier alpha value is -1.56. The predicted octanol–water partition coefficient (Wildman–Crippen LogP) is 1.68. The molecule has 0 aliphatic carbocycles. The smallest absolute Gasteiger partial charge is 0.337 e. The van der Waals surface area contributed by atoms with Crippen molar-refractivity contribution in [1.29, 1.82) is 0 Å². The number of hydrogen-bond donors (Lipinski definition) is 2. The minimum Gasteiger partial charge on any atom is -0.478 e. The molecule has 1 fully saturated rings. The van der Waals surface area contributed by atoms with Crippen LogP contribution in [0.2, 0.25) is 0 Å².